The Bertz CT molecular complexity index is 1540. The third kappa shape index (κ3) is 6.28. The van der Waals surface area contributed by atoms with Crippen LogP contribution in [-0.2, 0) is 11.8 Å². The summed E-state index contributed by atoms with van der Waals surface area (Å²) in [6, 6.07) is 8.33. The molecule has 3 aromatic rings. The van der Waals surface area contributed by atoms with Crippen molar-refractivity contribution in [2.24, 2.45) is 0 Å². The van der Waals surface area contributed by atoms with E-state index in [1.54, 1.807) is 6.07 Å². The molecule has 0 bridgehead atoms. The number of carbonyl (C=O) groups is 2. The zero-order valence-electron chi connectivity index (χ0n) is 20.4. The molecule has 0 saturated heterocycles. The van der Waals surface area contributed by atoms with Crippen LogP contribution in [0.15, 0.2) is 65.1 Å². The van der Waals surface area contributed by atoms with Crippen LogP contribution >= 0.6 is 15.9 Å². The molecule has 2 amide bonds. The highest BCUT2D eigenvalue weighted by Crippen LogP contribution is 2.59. The van der Waals surface area contributed by atoms with E-state index in [1.165, 1.54) is 29.6 Å². The van der Waals surface area contributed by atoms with Gasteiger partial charge >= 0.3 is 30.1 Å². The molecule has 3 aromatic carbocycles. The Morgan fingerprint density at radius 2 is 1.26 bits per heavy atom. The minimum atomic E-state index is -7.28. The van der Waals surface area contributed by atoms with E-state index < -0.39 is 92.4 Å². The van der Waals surface area contributed by atoms with Gasteiger partial charge in [0.1, 0.15) is 0 Å². The van der Waals surface area contributed by atoms with Crippen LogP contribution < -0.4 is 10.6 Å². The molecule has 0 heterocycles. The highest BCUT2D eigenvalue weighted by atomic mass is 79.9. The average molecular weight is 699 g/mol. The second kappa shape index (κ2) is 11.3. The summed E-state index contributed by atoms with van der Waals surface area (Å²) in [6.45, 7) is 0. The maximum absolute atomic E-state index is 15.1. The fourth-order valence-electron chi connectivity index (χ4n) is 3.64. The van der Waals surface area contributed by atoms with Crippen LogP contribution in [0.2, 0.25) is 0 Å². The Morgan fingerprint density at radius 3 is 1.77 bits per heavy atom. The van der Waals surface area contributed by atoms with Gasteiger partial charge in [-0.2, -0.15) is 48.3 Å². The molecule has 1 atom stereocenters. The normalized spacial score (nSPS) is 14.2. The Morgan fingerprint density at radius 1 is 0.674 bits per heavy atom. The fraction of sp³-hybridized carbons (Fsp3) is 0.200. The van der Waals surface area contributed by atoms with Crippen LogP contribution in [0, 0.1) is 5.82 Å². The van der Waals surface area contributed by atoms with Gasteiger partial charge in [-0.1, -0.05) is 24.3 Å². The molecule has 0 saturated carbocycles. The summed E-state index contributed by atoms with van der Waals surface area (Å²) in [4.78, 5) is 25.0. The van der Waals surface area contributed by atoms with E-state index in [4.69, 9.17) is 0 Å². The molecule has 18 heteroatoms. The SMILES string of the molecule is O=C(Nc1cccc(C(=O)Nc2c(Br)cc(C(F)(C(F)(F)F)C(F)(F)C(F)(F)F)cc2C(F)(F)F)c1F)c1ccccc1. The van der Waals surface area contributed by atoms with E-state index in [2.05, 4.69) is 21.2 Å². The van der Waals surface area contributed by atoms with Gasteiger partial charge in [0, 0.05) is 15.6 Å². The first-order chi connectivity index (χ1) is 19.5. The predicted molar refractivity (Wildman–Crippen MR) is 128 cm³/mol. The van der Waals surface area contributed by atoms with Crippen LogP contribution in [0.4, 0.5) is 68.5 Å². The van der Waals surface area contributed by atoms with Gasteiger partial charge in [-0.05, 0) is 52.3 Å². The highest BCUT2D eigenvalue weighted by Gasteiger charge is 2.82. The third-order valence-corrected chi connectivity index (χ3v) is 6.36. The topological polar surface area (TPSA) is 58.2 Å². The van der Waals surface area contributed by atoms with Crippen molar-refractivity contribution in [3.05, 3.63) is 93.2 Å². The first kappa shape index (κ1) is 33.7. The number of benzene rings is 3. The molecule has 0 radical (unpaired) electrons. The van der Waals surface area contributed by atoms with Crippen molar-refractivity contribution in [1.29, 1.82) is 0 Å². The van der Waals surface area contributed by atoms with Gasteiger partial charge in [0.05, 0.1) is 22.5 Å². The van der Waals surface area contributed by atoms with Crippen molar-refractivity contribution in [1.82, 2.24) is 0 Å². The lowest BCUT2D eigenvalue weighted by Crippen LogP contribution is -2.59. The summed E-state index contributed by atoms with van der Waals surface area (Å²) in [5.74, 6) is -11.4. The number of amides is 2. The summed E-state index contributed by atoms with van der Waals surface area (Å²) in [7, 11) is 0. The number of hydrogen-bond acceptors (Lipinski definition) is 2. The molecule has 1 unspecified atom stereocenters. The minimum Gasteiger partial charge on any atom is -0.320 e. The number of hydrogen-bond donors (Lipinski definition) is 2. The van der Waals surface area contributed by atoms with Crippen LogP contribution in [0.3, 0.4) is 0 Å². The quantitative estimate of drug-likeness (QED) is 0.253. The Labute approximate surface area is 240 Å². The van der Waals surface area contributed by atoms with Crippen molar-refractivity contribution in [2.75, 3.05) is 10.6 Å². The molecule has 0 aromatic heterocycles. The molecule has 232 valence electrons. The average Bonchev–Trinajstić information content (AvgIpc) is 2.88. The molecular weight excluding hydrogens is 687 g/mol. The van der Waals surface area contributed by atoms with Gasteiger partial charge < -0.3 is 10.6 Å². The lowest BCUT2D eigenvalue weighted by atomic mass is 9.86. The monoisotopic (exact) mass is 698 g/mol. The van der Waals surface area contributed by atoms with Gasteiger partial charge in [0.25, 0.3) is 11.8 Å². The summed E-state index contributed by atoms with van der Waals surface area (Å²) in [5.41, 5.74) is -15.3. The van der Waals surface area contributed by atoms with E-state index in [1.807, 2.05) is 0 Å². The summed E-state index contributed by atoms with van der Waals surface area (Å²) >= 11 is 2.23. The summed E-state index contributed by atoms with van der Waals surface area (Å²) < 4.78 is 176. The van der Waals surface area contributed by atoms with Gasteiger partial charge in [-0.25, -0.2) is 8.78 Å². The van der Waals surface area contributed by atoms with Crippen LogP contribution in [0.1, 0.15) is 31.8 Å². The fourth-order valence-corrected chi connectivity index (χ4v) is 4.20. The molecular formula is C25H12BrF13N2O2. The van der Waals surface area contributed by atoms with Crippen molar-refractivity contribution < 1.29 is 66.7 Å². The summed E-state index contributed by atoms with van der Waals surface area (Å²) in [6.07, 6.45) is -20.2. The molecule has 2 N–H and O–H groups in total. The smallest absolute Gasteiger partial charge is 0.320 e. The van der Waals surface area contributed by atoms with E-state index in [0.29, 0.717) is 6.07 Å². The van der Waals surface area contributed by atoms with Crippen LogP contribution in [0.5, 0.6) is 0 Å². The molecule has 0 aliphatic heterocycles. The number of halogens is 14. The lowest BCUT2D eigenvalue weighted by molar-refractivity contribution is -0.389. The van der Waals surface area contributed by atoms with Gasteiger partial charge in [-0.3, -0.25) is 9.59 Å². The standard InChI is InChI=1S/C25H12BrF13N2O2/c26-15-10-12(21(28,24(34,35)36)23(32,33)25(37,38)39)9-14(22(29,30)31)18(15)41-20(43)13-7-4-8-16(17(13)27)40-19(42)11-5-2-1-3-6-11/h1-10H,(H,40,42)(H,41,43). The van der Waals surface area contributed by atoms with Gasteiger partial charge in [0.15, 0.2) is 5.82 Å². The first-order valence-corrected chi connectivity index (χ1v) is 11.9. The molecule has 4 nitrogen and oxygen atoms in total. The Kier molecular flexibility index (Phi) is 8.89. The van der Waals surface area contributed by atoms with Gasteiger partial charge in [0.2, 0.25) is 0 Å². The van der Waals surface area contributed by atoms with Crippen molar-refractivity contribution >= 4 is 39.1 Å². The van der Waals surface area contributed by atoms with Crippen LogP contribution in [-0.4, -0.2) is 30.1 Å². The zero-order chi connectivity index (χ0) is 32.8. The number of alkyl halides is 12. The second-order valence-corrected chi connectivity index (χ2v) is 9.40. The summed E-state index contributed by atoms with van der Waals surface area (Å²) in [5, 5.41) is 3.57. The lowest BCUT2D eigenvalue weighted by Gasteiger charge is -2.36. The van der Waals surface area contributed by atoms with E-state index in [0.717, 1.165) is 12.1 Å². The van der Waals surface area contributed by atoms with E-state index in [9.17, 15) is 62.3 Å². The maximum Gasteiger partial charge on any atom is 0.457 e. The van der Waals surface area contributed by atoms with E-state index >= 15 is 4.39 Å². The molecule has 0 aliphatic rings. The Balaban J connectivity index is 2.10. The van der Waals surface area contributed by atoms with E-state index in [-0.39, 0.29) is 5.56 Å². The second-order valence-electron chi connectivity index (χ2n) is 8.55. The Hall–Kier alpha value is -3.83. The van der Waals surface area contributed by atoms with Crippen molar-refractivity contribution in [3.8, 4) is 0 Å². The zero-order valence-corrected chi connectivity index (χ0v) is 22.0. The third-order valence-electron chi connectivity index (χ3n) is 5.74. The molecule has 0 fully saturated rings. The highest BCUT2D eigenvalue weighted by molar-refractivity contribution is 9.10. The maximum atomic E-state index is 15.1. The predicted octanol–water partition coefficient (Wildman–Crippen LogP) is 9.04. The van der Waals surface area contributed by atoms with Gasteiger partial charge in [-0.15, -0.1) is 0 Å². The molecule has 43 heavy (non-hydrogen) atoms. The minimum absolute atomic E-state index is 0.0366. The van der Waals surface area contributed by atoms with Crippen LogP contribution in [0.25, 0.3) is 0 Å². The van der Waals surface area contributed by atoms with Crippen molar-refractivity contribution in [2.45, 2.75) is 30.1 Å². The molecule has 0 spiro atoms. The number of nitrogens with one attached hydrogen (secondary N) is 2. The molecule has 0 aliphatic carbocycles. The molecule has 3 rings (SSSR count). The first-order valence-electron chi connectivity index (χ1n) is 11.1. The van der Waals surface area contributed by atoms with Crippen molar-refractivity contribution in [3.63, 3.8) is 0 Å². The number of carbonyl (C=O) groups excluding carboxylic acids is 2. The number of anilines is 2. The number of rotatable bonds is 6. The largest absolute Gasteiger partial charge is 0.457 e.